The van der Waals surface area contributed by atoms with E-state index in [1.807, 2.05) is 0 Å². The van der Waals surface area contributed by atoms with Crippen molar-refractivity contribution in [3.05, 3.63) is 45.4 Å². The third-order valence-corrected chi connectivity index (χ3v) is 3.39. The van der Waals surface area contributed by atoms with Crippen LogP contribution >= 0.6 is 0 Å². The molecule has 1 aromatic carbocycles. The fourth-order valence-corrected chi connectivity index (χ4v) is 2.54. The third kappa shape index (κ3) is 1.84. The predicted molar refractivity (Wildman–Crippen MR) is 65.9 cm³/mol. The Morgan fingerprint density at radius 1 is 1.42 bits per heavy atom. The molecular formula is C13H12F2N2O2. The second-order valence-corrected chi connectivity index (χ2v) is 4.51. The van der Waals surface area contributed by atoms with Gasteiger partial charge in [-0.05, 0) is 13.1 Å². The SMILES string of the molecule is CNC1COCc2[nH]c(=O)c3cc(F)cc(F)c3c21. The smallest absolute Gasteiger partial charge is 0.256 e. The Kier molecular flexibility index (Phi) is 2.83. The van der Waals surface area contributed by atoms with Crippen LogP contribution in [0.1, 0.15) is 17.3 Å². The highest BCUT2D eigenvalue weighted by Gasteiger charge is 2.25. The van der Waals surface area contributed by atoms with Gasteiger partial charge in [0.15, 0.2) is 0 Å². The molecule has 2 heterocycles. The zero-order valence-corrected chi connectivity index (χ0v) is 10.2. The van der Waals surface area contributed by atoms with Gasteiger partial charge in [0.1, 0.15) is 11.6 Å². The summed E-state index contributed by atoms with van der Waals surface area (Å²) in [5.41, 5.74) is 0.668. The number of hydrogen-bond donors (Lipinski definition) is 2. The molecule has 0 aliphatic carbocycles. The van der Waals surface area contributed by atoms with Crippen LogP contribution < -0.4 is 10.9 Å². The third-order valence-electron chi connectivity index (χ3n) is 3.39. The van der Waals surface area contributed by atoms with Gasteiger partial charge in [-0.25, -0.2) is 8.78 Å². The van der Waals surface area contributed by atoms with E-state index in [1.165, 1.54) is 0 Å². The number of H-pyrrole nitrogens is 1. The number of aromatic nitrogens is 1. The highest BCUT2D eigenvalue weighted by molar-refractivity contribution is 5.86. The van der Waals surface area contributed by atoms with Crippen molar-refractivity contribution in [2.45, 2.75) is 12.6 Å². The molecule has 3 rings (SSSR count). The number of rotatable bonds is 1. The summed E-state index contributed by atoms with van der Waals surface area (Å²) in [5.74, 6) is -1.48. The van der Waals surface area contributed by atoms with E-state index in [0.29, 0.717) is 17.9 Å². The van der Waals surface area contributed by atoms with E-state index < -0.39 is 17.2 Å². The predicted octanol–water partition coefficient (Wildman–Crippen LogP) is 1.60. The molecule has 0 saturated heterocycles. The second kappa shape index (κ2) is 4.40. The number of likely N-dealkylation sites (N-methyl/N-ethyl adjacent to an activating group) is 1. The Morgan fingerprint density at radius 2 is 2.21 bits per heavy atom. The highest BCUT2D eigenvalue weighted by atomic mass is 19.1. The first-order chi connectivity index (χ1) is 9.11. The first-order valence-electron chi connectivity index (χ1n) is 5.90. The zero-order valence-electron chi connectivity index (χ0n) is 10.2. The van der Waals surface area contributed by atoms with Crippen molar-refractivity contribution in [2.75, 3.05) is 13.7 Å². The average Bonchev–Trinajstić information content (AvgIpc) is 2.38. The van der Waals surface area contributed by atoms with Crippen LogP contribution in [0.5, 0.6) is 0 Å². The van der Waals surface area contributed by atoms with Gasteiger partial charge >= 0.3 is 0 Å². The monoisotopic (exact) mass is 266 g/mol. The van der Waals surface area contributed by atoms with Crippen LogP contribution in [0.15, 0.2) is 16.9 Å². The standard InChI is InChI=1S/C13H12F2N2O2/c1-16-9-4-19-5-10-12(9)11-7(13(18)17-10)2-6(14)3-8(11)15/h2-3,9,16H,4-5H2,1H3,(H,17,18). The Morgan fingerprint density at radius 3 is 2.95 bits per heavy atom. The van der Waals surface area contributed by atoms with E-state index in [-0.39, 0.29) is 23.4 Å². The molecule has 0 radical (unpaired) electrons. The van der Waals surface area contributed by atoms with E-state index >= 15 is 0 Å². The van der Waals surface area contributed by atoms with Gasteiger partial charge < -0.3 is 15.0 Å². The number of aromatic amines is 1. The van der Waals surface area contributed by atoms with E-state index in [9.17, 15) is 13.6 Å². The van der Waals surface area contributed by atoms with Crippen LogP contribution in [0.25, 0.3) is 10.8 Å². The van der Waals surface area contributed by atoms with Crippen LogP contribution in [-0.4, -0.2) is 18.6 Å². The van der Waals surface area contributed by atoms with E-state index in [4.69, 9.17) is 4.74 Å². The molecule has 0 amide bonds. The number of ether oxygens (including phenoxy) is 1. The average molecular weight is 266 g/mol. The Balaban J connectivity index is 2.46. The maximum absolute atomic E-state index is 14.1. The maximum Gasteiger partial charge on any atom is 0.256 e. The number of fused-ring (bicyclic) bond motifs is 3. The van der Waals surface area contributed by atoms with E-state index in [2.05, 4.69) is 10.3 Å². The fraction of sp³-hybridized carbons (Fsp3) is 0.308. The molecule has 19 heavy (non-hydrogen) atoms. The fourth-order valence-electron chi connectivity index (χ4n) is 2.54. The second-order valence-electron chi connectivity index (χ2n) is 4.51. The summed E-state index contributed by atoms with van der Waals surface area (Å²) >= 11 is 0. The van der Waals surface area contributed by atoms with Gasteiger partial charge in [0.25, 0.3) is 5.56 Å². The van der Waals surface area contributed by atoms with Crippen LogP contribution in [0.2, 0.25) is 0 Å². The molecule has 0 fully saturated rings. The molecule has 1 unspecified atom stereocenters. The quantitative estimate of drug-likeness (QED) is 0.824. The number of nitrogens with one attached hydrogen (secondary N) is 2. The lowest BCUT2D eigenvalue weighted by Gasteiger charge is -2.26. The molecule has 1 aromatic heterocycles. The Labute approximate surface area is 107 Å². The van der Waals surface area contributed by atoms with Gasteiger partial charge in [-0.15, -0.1) is 0 Å². The maximum atomic E-state index is 14.1. The molecule has 0 spiro atoms. The summed E-state index contributed by atoms with van der Waals surface area (Å²) in [6.07, 6.45) is 0. The van der Waals surface area contributed by atoms with Gasteiger partial charge in [0.05, 0.1) is 24.6 Å². The van der Waals surface area contributed by atoms with E-state index in [1.54, 1.807) is 7.05 Å². The molecule has 1 aliphatic rings. The van der Waals surface area contributed by atoms with Crippen LogP contribution in [0, 0.1) is 11.6 Å². The molecule has 2 N–H and O–H groups in total. The van der Waals surface area contributed by atoms with Gasteiger partial charge in [-0.2, -0.15) is 0 Å². The van der Waals surface area contributed by atoms with Crippen molar-refractivity contribution >= 4 is 10.8 Å². The number of pyridine rings is 1. The van der Waals surface area contributed by atoms with Gasteiger partial charge in [-0.3, -0.25) is 4.79 Å². The number of halogens is 2. The van der Waals surface area contributed by atoms with Crippen LogP contribution in [0.3, 0.4) is 0 Å². The molecule has 1 atom stereocenters. The number of benzene rings is 1. The summed E-state index contributed by atoms with van der Waals surface area (Å²) < 4.78 is 32.7. The lowest BCUT2D eigenvalue weighted by molar-refractivity contribution is 0.0818. The van der Waals surface area contributed by atoms with Gasteiger partial charge in [0.2, 0.25) is 0 Å². The van der Waals surface area contributed by atoms with Gasteiger partial charge in [-0.1, -0.05) is 0 Å². The van der Waals surface area contributed by atoms with Crippen molar-refractivity contribution in [3.8, 4) is 0 Å². The largest absolute Gasteiger partial charge is 0.373 e. The Bertz CT molecular complexity index is 712. The minimum atomic E-state index is -0.761. The zero-order chi connectivity index (χ0) is 13.6. The summed E-state index contributed by atoms with van der Waals surface area (Å²) in [4.78, 5) is 14.5. The molecule has 1 aliphatic heterocycles. The van der Waals surface area contributed by atoms with Crippen molar-refractivity contribution in [3.63, 3.8) is 0 Å². The van der Waals surface area contributed by atoms with Crippen molar-refractivity contribution in [1.82, 2.24) is 10.3 Å². The summed E-state index contributed by atoms with van der Waals surface area (Å²) in [6.45, 7) is 0.594. The summed E-state index contributed by atoms with van der Waals surface area (Å²) in [6, 6.07) is 1.62. The van der Waals surface area contributed by atoms with Crippen LogP contribution in [0.4, 0.5) is 8.78 Å². The van der Waals surface area contributed by atoms with Crippen molar-refractivity contribution < 1.29 is 13.5 Å². The topological polar surface area (TPSA) is 54.1 Å². The normalized spacial score (nSPS) is 18.6. The van der Waals surface area contributed by atoms with Crippen molar-refractivity contribution in [2.24, 2.45) is 0 Å². The number of hydrogen-bond acceptors (Lipinski definition) is 3. The summed E-state index contributed by atoms with van der Waals surface area (Å²) in [7, 11) is 1.72. The molecule has 0 saturated carbocycles. The first-order valence-corrected chi connectivity index (χ1v) is 5.90. The molecular weight excluding hydrogens is 254 g/mol. The Hall–Kier alpha value is -1.79. The van der Waals surface area contributed by atoms with Crippen molar-refractivity contribution in [1.29, 1.82) is 0 Å². The van der Waals surface area contributed by atoms with Gasteiger partial charge in [0, 0.05) is 22.7 Å². The lowest BCUT2D eigenvalue weighted by Crippen LogP contribution is -2.30. The first kappa shape index (κ1) is 12.3. The molecule has 0 bridgehead atoms. The molecule has 2 aromatic rings. The highest BCUT2D eigenvalue weighted by Crippen LogP contribution is 2.31. The van der Waals surface area contributed by atoms with E-state index in [0.717, 1.165) is 12.1 Å². The summed E-state index contributed by atoms with van der Waals surface area (Å²) in [5, 5.41) is 3.20. The minimum absolute atomic E-state index is 0.0263. The van der Waals surface area contributed by atoms with Crippen LogP contribution in [-0.2, 0) is 11.3 Å². The lowest BCUT2D eigenvalue weighted by atomic mass is 9.96. The minimum Gasteiger partial charge on any atom is -0.373 e. The molecule has 4 nitrogen and oxygen atoms in total. The molecule has 100 valence electrons. The molecule has 6 heteroatoms.